The first-order valence-corrected chi connectivity index (χ1v) is 10.3. The average Bonchev–Trinajstić information content (AvgIpc) is 2.67. The van der Waals surface area contributed by atoms with Crippen molar-refractivity contribution in [1.82, 2.24) is 5.01 Å². The highest BCUT2D eigenvalue weighted by Gasteiger charge is 2.22. The summed E-state index contributed by atoms with van der Waals surface area (Å²) in [5, 5.41) is 8.10. The second-order valence-electron chi connectivity index (χ2n) is 7.19. The number of rotatable bonds is 6. The first-order valence-electron chi connectivity index (χ1n) is 9.55. The number of hydrogen-bond donors (Lipinski definition) is 0. The topological polar surface area (TPSA) is 34.1 Å². The van der Waals surface area contributed by atoms with E-state index in [0.29, 0.717) is 40.2 Å². The third-order valence-electron chi connectivity index (χ3n) is 5.07. The van der Waals surface area contributed by atoms with Crippen molar-refractivity contribution in [2.24, 2.45) is 5.10 Å². The Morgan fingerprint density at radius 2 is 1.82 bits per heavy atom. The molecule has 28 heavy (non-hydrogen) atoms. The van der Waals surface area contributed by atoms with E-state index in [1.807, 2.05) is 30.5 Å². The lowest BCUT2D eigenvalue weighted by Crippen LogP contribution is -2.39. The number of nitrogens with zero attached hydrogens (tertiary/aromatic N) is 2. The summed E-state index contributed by atoms with van der Waals surface area (Å²) in [6.07, 6.45) is 5.53. The predicted molar refractivity (Wildman–Crippen MR) is 116 cm³/mol. The van der Waals surface area contributed by atoms with Gasteiger partial charge in [-0.25, -0.2) is 0 Å². The first kappa shape index (κ1) is 20.8. The molecule has 0 bridgehead atoms. The normalized spacial score (nSPS) is 19.8. The molecule has 2 aromatic carbocycles. The molecule has 6 heteroatoms. The van der Waals surface area contributed by atoms with E-state index in [-0.39, 0.29) is 0 Å². The van der Waals surface area contributed by atoms with Crippen LogP contribution < -0.4 is 9.47 Å². The lowest BCUT2D eigenvalue weighted by atomic mass is 10.00. The van der Waals surface area contributed by atoms with Gasteiger partial charge in [-0.15, -0.1) is 0 Å². The number of hydrazone groups is 1. The van der Waals surface area contributed by atoms with Crippen molar-refractivity contribution in [2.45, 2.75) is 51.8 Å². The zero-order valence-corrected chi connectivity index (χ0v) is 18.0. The summed E-state index contributed by atoms with van der Waals surface area (Å²) in [4.78, 5) is 0. The number of benzene rings is 2. The molecule has 0 N–H and O–H groups in total. The van der Waals surface area contributed by atoms with Gasteiger partial charge in [-0.2, -0.15) is 5.10 Å². The van der Waals surface area contributed by atoms with E-state index in [1.54, 1.807) is 19.2 Å². The van der Waals surface area contributed by atoms with Crippen LogP contribution in [-0.2, 0) is 6.61 Å². The zero-order valence-electron chi connectivity index (χ0n) is 16.5. The van der Waals surface area contributed by atoms with Gasteiger partial charge in [0.25, 0.3) is 0 Å². The molecule has 1 aliphatic heterocycles. The summed E-state index contributed by atoms with van der Waals surface area (Å²) in [6, 6.07) is 12.1. The molecule has 0 amide bonds. The first-order chi connectivity index (χ1) is 13.5. The fourth-order valence-electron chi connectivity index (χ4n) is 3.45. The number of halogens is 2. The van der Waals surface area contributed by atoms with E-state index in [2.05, 4.69) is 18.9 Å². The Kier molecular flexibility index (Phi) is 7.08. The molecule has 3 rings (SSSR count). The summed E-state index contributed by atoms with van der Waals surface area (Å²) in [7, 11) is 1.63. The van der Waals surface area contributed by atoms with Crippen LogP contribution in [0.15, 0.2) is 41.5 Å². The molecule has 0 radical (unpaired) electrons. The Hall–Kier alpha value is -1.91. The van der Waals surface area contributed by atoms with Gasteiger partial charge in [0.2, 0.25) is 0 Å². The number of piperidine rings is 1. The highest BCUT2D eigenvalue weighted by molar-refractivity contribution is 6.35. The molecule has 4 nitrogen and oxygen atoms in total. The minimum Gasteiger partial charge on any atom is -0.493 e. The van der Waals surface area contributed by atoms with Crippen molar-refractivity contribution in [2.75, 3.05) is 7.11 Å². The largest absolute Gasteiger partial charge is 0.493 e. The van der Waals surface area contributed by atoms with Crippen LogP contribution in [0, 0.1) is 0 Å². The summed E-state index contributed by atoms with van der Waals surface area (Å²) >= 11 is 12.2. The Labute approximate surface area is 177 Å². The Morgan fingerprint density at radius 3 is 2.50 bits per heavy atom. The Bertz CT molecular complexity index is 831. The molecule has 150 valence electrons. The molecular formula is C22H26Cl2N2O2. The van der Waals surface area contributed by atoms with Gasteiger partial charge in [0.1, 0.15) is 6.61 Å². The van der Waals surface area contributed by atoms with Crippen molar-refractivity contribution in [3.63, 3.8) is 0 Å². The molecule has 2 aromatic rings. The van der Waals surface area contributed by atoms with Gasteiger partial charge in [-0.05, 0) is 69.0 Å². The quantitative estimate of drug-likeness (QED) is 0.523. The van der Waals surface area contributed by atoms with Crippen LogP contribution in [0.2, 0.25) is 10.0 Å². The minimum atomic E-state index is 0.336. The minimum absolute atomic E-state index is 0.336. The van der Waals surface area contributed by atoms with Crippen molar-refractivity contribution in [3.8, 4) is 11.5 Å². The van der Waals surface area contributed by atoms with Crippen LogP contribution in [-0.4, -0.2) is 30.4 Å². The molecule has 1 fully saturated rings. The van der Waals surface area contributed by atoms with Crippen LogP contribution >= 0.6 is 23.2 Å². The van der Waals surface area contributed by atoms with Crippen LogP contribution in [0.5, 0.6) is 11.5 Å². The van der Waals surface area contributed by atoms with Gasteiger partial charge in [0.05, 0.1) is 13.3 Å². The average molecular weight is 421 g/mol. The number of hydrogen-bond acceptors (Lipinski definition) is 4. The zero-order chi connectivity index (χ0) is 20.1. The fourth-order valence-corrected chi connectivity index (χ4v) is 3.91. The van der Waals surface area contributed by atoms with Crippen LogP contribution in [0.1, 0.15) is 44.2 Å². The maximum atomic E-state index is 6.22. The second-order valence-corrected chi connectivity index (χ2v) is 8.03. The van der Waals surface area contributed by atoms with Gasteiger partial charge in [0.15, 0.2) is 11.5 Å². The number of methoxy groups -OCH3 is 1. The smallest absolute Gasteiger partial charge is 0.161 e. The molecule has 1 aliphatic rings. The maximum absolute atomic E-state index is 6.22. The van der Waals surface area contributed by atoms with Crippen molar-refractivity contribution in [1.29, 1.82) is 0 Å². The third-order valence-corrected chi connectivity index (χ3v) is 5.66. The van der Waals surface area contributed by atoms with Crippen molar-refractivity contribution in [3.05, 3.63) is 57.6 Å². The molecule has 0 saturated carbocycles. The molecule has 0 aliphatic carbocycles. The summed E-state index contributed by atoms with van der Waals surface area (Å²) in [5.41, 5.74) is 1.84. The van der Waals surface area contributed by atoms with E-state index < -0.39 is 0 Å². The standard InChI is InChI=1S/C22H26Cl2N2O2/c1-15-5-4-6-16(2)26(15)25-13-17-7-10-21(22(11-17)27-3)28-14-18-8-9-19(23)12-20(18)24/h7-13,15-16H,4-6,14H2,1-3H3/b25-13-/t15-,16-/m0/s1. The molecule has 2 atom stereocenters. The van der Waals surface area contributed by atoms with Gasteiger partial charge < -0.3 is 9.47 Å². The van der Waals surface area contributed by atoms with Crippen molar-refractivity contribution >= 4 is 29.4 Å². The van der Waals surface area contributed by atoms with E-state index in [0.717, 1.165) is 11.1 Å². The molecule has 0 unspecified atom stereocenters. The van der Waals surface area contributed by atoms with Gasteiger partial charge in [-0.1, -0.05) is 29.3 Å². The van der Waals surface area contributed by atoms with Crippen LogP contribution in [0.3, 0.4) is 0 Å². The molecule has 0 aromatic heterocycles. The SMILES string of the molecule is COc1cc(/C=N\N2[C@@H](C)CCC[C@@H]2C)ccc1OCc1ccc(Cl)cc1Cl. The fraction of sp³-hybridized carbons (Fsp3) is 0.409. The Balaban J connectivity index is 1.70. The molecular weight excluding hydrogens is 395 g/mol. The Morgan fingerprint density at radius 1 is 1.07 bits per heavy atom. The van der Waals surface area contributed by atoms with E-state index in [4.69, 9.17) is 37.8 Å². The van der Waals surface area contributed by atoms with Crippen LogP contribution in [0.25, 0.3) is 0 Å². The van der Waals surface area contributed by atoms with E-state index in [1.165, 1.54) is 19.3 Å². The third kappa shape index (κ3) is 5.12. The highest BCUT2D eigenvalue weighted by atomic mass is 35.5. The summed E-state index contributed by atoms with van der Waals surface area (Å²) in [5.74, 6) is 1.32. The van der Waals surface area contributed by atoms with Gasteiger partial charge in [-0.3, -0.25) is 5.01 Å². The lowest BCUT2D eigenvalue weighted by Gasteiger charge is -2.36. The maximum Gasteiger partial charge on any atom is 0.161 e. The molecule has 1 heterocycles. The van der Waals surface area contributed by atoms with Crippen molar-refractivity contribution < 1.29 is 9.47 Å². The monoisotopic (exact) mass is 420 g/mol. The molecule has 1 saturated heterocycles. The number of ether oxygens (including phenoxy) is 2. The highest BCUT2D eigenvalue weighted by Crippen LogP contribution is 2.30. The summed E-state index contributed by atoms with van der Waals surface area (Å²) < 4.78 is 11.4. The van der Waals surface area contributed by atoms with E-state index in [9.17, 15) is 0 Å². The van der Waals surface area contributed by atoms with Crippen LogP contribution in [0.4, 0.5) is 0 Å². The van der Waals surface area contributed by atoms with E-state index >= 15 is 0 Å². The summed E-state index contributed by atoms with van der Waals surface area (Å²) in [6.45, 7) is 4.79. The second kappa shape index (κ2) is 9.53. The van der Waals surface area contributed by atoms with Gasteiger partial charge in [0, 0.05) is 27.7 Å². The van der Waals surface area contributed by atoms with Gasteiger partial charge >= 0.3 is 0 Å². The lowest BCUT2D eigenvalue weighted by molar-refractivity contribution is 0.109. The predicted octanol–water partition coefficient (Wildman–Crippen LogP) is 6.18. The molecule has 0 spiro atoms.